The van der Waals surface area contributed by atoms with Crippen LogP contribution in [0.15, 0.2) is 73.1 Å². The van der Waals surface area contributed by atoms with Crippen molar-refractivity contribution in [1.29, 1.82) is 0 Å². The number of benzene rings is 2. The summed E-state index contributed by atoms with van der Waals surface area (Å²) in [5.74, 6) is 2.71. The van der Waals surface area contributed by atoms with Crippen LogP contribution >= 0.6 is 0 Å². The maximum absolute atomic E-state index is 10.7. The number of phenols is 2. The van der Waals surface area contributed by atoms with Crippen LogP contribution in [0.25, 0.3) is 44.1 Å². The molecule has 4 N–H and O–H groups in total. The highest BCUT2D eigenvalue weighted by atomic mass is 16.3. The standard InChI is InChI=1S/C26H33N5O.C24H31N5O/c1-25(2)13-19(14-26(3,4)30-25)31(5)24-9-8-21(28-29-24)20-10-18-15-27-22(16-6-7-16)11-17(18)12-23(20)32;1-15-9-16-11-21(30)19(10-17(16)14-25-15)20-7-8-22(27-26-20)29(6)18-12-23(2,3)28-24(4,5)13-18/h8-12,15-16,19,30,32H,6-7,13-14H2,1-5H3;7-11,14,18,28,30H,12-13H2,1-6H3. The van der Waals surface area contributed by atoms with Crippen LogP contribution < -0.4 is 20.4 Å². The zero-order chi connectivity index (χ0) is 44.4. The van der Waals surface area contributed by atoms with Gasteiger partial charge in [-0.25, -0.2) is 0 Å². The second-order valence-corrected chi connectivity index (χ2v) is 20.8. The van der Waals surface area contributed by atoms with E-state index in [4.69, 9.17) is 0 Å². The van der Waals surface area contributed by atoms with Gasteiger partial charge in [0.1, 0.15) is 11.5 Å². The van der Waals surface area contributed by atoms with Crippen molar-refractivity contribution < 1.29 is 10.2 Å². The molecule has 6 heterocycles. The van der Waals surface area contributed by atoms with Crippen molar-refractivity contribution in [3.63, 3.8) is 0 Å². The van der Waals surface area contributed by atoms with Crippen LogP contribution in [-0.2, 0) is 0 Å². The van der Waals surface area contributed by atoms with Gasteiger partial charge < -0.3 is 30.6 Å². The van der Waals surface area contributed by atoms with E-state index in [-0.39, 0.29) is 33.7 Å². The zero-order valence-electron chi connectivity index (χ0n) is 38.4. The maximum Gasteiger partial charge on any atom is 0.151 e. The number of aromatic hydroxyl groups is 2. The number of phenolic OH excluding ortho intramolecular Hbond substituents is 2. The first kappa shape index (κ1) is 43.2. The lowest BCUT2D eigenvalue weighted by atomic mass is 9.79. The lowest BCUT2D eigenvalue weighted by Gasteiger charge is -2.49. The number of nitrogens with zero attached hydrogens (tertiary/aromatic N) is 8. The van der Waals surface area contributed by atoms with Crippen molar-refractivity contribution in [2.24, 2.45) is 0 Å². The van der Waals surface area contributed by atoms with Crippen LogP contribution in [0.5, 0.6) is 11.5 Å². The van der Waals surface area contributed by atoms with Crippen molar-refractivity contribution in [2.75, 3.05) is 23.9 Å². The van der Waals surface area contributed by atoms with Gasteiger partial charge in [-0.1, -0.05) is 0 Å². The number of piperidine rings is 2. The molecule has 62 heavy (non-hydrogen) atoms. The number of pyridine rings is 2. The molecule has 4 aromatic heterocycles. The summed E-state index contributed by atoms with van der Waals surface area (Å²) in [6.07, 6.45) is 10.3. The number of hydrogen-bond acceptors (Lipinski definition) is 12. The minimum absolute atomic E-state index is 0.0668. The topological polar surface area (TPSA) is 148 Å². The molecular formula is C50H64N10O2. The van der Waals surface area contributed by atoms with Crippen LogP contribution in [-0.4, -0.2) is 88.9 Å². The third-order valence-electron chi connectivity index (χ3n) is 12.8. The van der Waals surface area contributed by atoms with Crippen molar-refractivity contribution in [3.8, 4) is 34.0 Å². The Balaban J connectivity index is 0.000000171. The van der Waals surface area contributed by atoms with Gasteiger partial charge in [-0.2, -0.15) is 0 Å². The number of hydrogen-bond donors (Lipinski definition) is 4. The smallest absolute Gasteiger partial charge is 0.151 e. The zero-order valence-corrected chi connectivity index (χ0v) is 38.4. The van der Waals surface area contributed by atoms with E-state index in [1.807, 2.05) is 67.8 Å². The molecule has 1 aliphatic carbocycles. The van der Waals surface area contributed by atoms with Gasteiger partial charge in [-0.05, 0) is 172 Å². The Morgan fingerprint density at radius 2 is 0.952 bits per heavy atom. The third kappa shape index (κ3) is 9.61. The van der Waals surface area contributed by atoms with Crippen molar-refractivity contribution in [1.82, 2.24) is 41.0 Å². The number of anilines is 2. The molecule has 2 saturated heterocycles. The van der Waals surface area contributed by atoms with E-state index in [0.29, 0.717) is 40.5 Å². The van der Waals surface area contributed by atoms with Gasteiger partial charge in [0.05, 0.1) is 11.4 Å². The molecule has 3 fully saturated rings. The Morgan fingerprint density at radius 3 is 1.35 bits per heavy atom. The molecule has 12 heteroatoms. The van der Waals surface area contributed by atoms with Gasteiger partial charge >= 0.3 is 0 Å². The highest BCUT2D eigenvalue weighted by Gasteiger charge is 2.41. The number of fused-ring (bicyclic) bond motifs is 2. The Morgan fingerprint density at radius 1 is 0.532 bits per heavy atom. The fourth-order valence-corrected chi connectivity index (χ4v) is 10.3. The van der Waals surface area contributed by atoms with Gasteiger partial charge in [-0.15, -0.1) is 20.4 Å². The van der Waals surface area contributed by atoms with Crippen molar-refractivity contribution in [2.45, 2.75) is 141 Å². The van der Waals surface area contributed by atoms with E-state index < -0.39 is 0 Å². The largest absolute Gasteiger partial charge is 0.507 e. The summed E-state index contributed by atoms with van der Waals surface area (Å²) >= 11 is 0. The number of aromatic nitrogens is 6. The monoisotopic (exact) mass is 837 g/mol. The summed E-state index contributed by atoms with van der Waals surface area (Å²) in [4.78, 5) is 13.4. The summed E-state index contributed by atoms with van der Waals surface area (Å²) in [5, 5.41) is 50.6. The maximum atomic E-state index is 10.7. The van der Waals surface area contributed by atoms with E-state index in [1.54, 1.807) is 6.07 Å². The van der Waals surface area contributed by atoms with Crippen LogP contribution in [0, 0.1) is 6.92 Å². The third-order valence-corrected chi connectivity index (χ3v) is 12.8. The molecule has 0 unspecified atom stereocenters. The van der Waals surface area contributed by atoms with E-state index in [0.717, 1.165) is 70.3 Å². The molecule has 9 rings (SSSR count). The quantitative estimate of drug-likeness (QED) is 0.121. The molecule has 0 spiro atoms. The summed E-state index contributed by atoms with van der Waals surface area (Å²) in [6, 6.07) is 20.1. The van der Waals surface area contributed by atoms with E-state index in [1.165, 1.54) is 12.8 Å². The molecule has 6 aromatic rings. The average molecular weight is 837 g/mol. The summed E-state index contributed by atoms with van der Waals surface area (Å²) in [7, 11) is 4.19. The normalized spacial score (nSPS) is 19.5. The summed E-state index contributed by atoms with van der Waals surface area (Å²) in [6.45, 7) is 20.0. The summed E-state index contributed by atoms with van der Waals surface area (Å²) < 4.78 is 0. The Kier molecular flexibility index (Phi) is 11.2. The Hall–Kier alpha value is -5.46. The highest BCUT2D eigenvalue weighted by Crippen LogP contribution is 2.41. The first-order valence-corrected chi connectivity index (χ1v) is 22.1. The highest BCUT2D eigenvalue weighted by molar-refractivity contribution is 5.90. The van der Waals surface area contributed by atoms with Crippen LogP contribution in [0.2, 0.25) is 0 Å². The fraction of sp³-hybridized carbons (Fsp3) is 0.480. The number of aryl methyl sites for hydroxylation is 1. The molecule has 0 atom stereocenters. The molecular weight excluding hydrogens is 773 g/mol. The van der Waals surface area contributed by atoms with E-state index >= 15 is 0 Å². The Bertz CT molecular complexity index is 2550. The lowest BCUT2D eigenvalue weighted by Crippen LogP contribution is -2.62. The molecule has 1 saturated carbocycles. The van der Waals surface area contributed by atoms with Crippen molar-refractivity contribution >= 4 is 33.2 Å². The molecule has 12 nitrogen and oxygen atoms in total. The fourth-order valence-electron chi connectivity index (χ4n) is 10.3. The van der Waals surface area contributed by atoms with Gasteiger partial charge in [0.15, 0.2) is 11.6 Å². The van der Waals surface area contributed by atoms with Crippen LogP contribution in [0.3, 0.4) is 0 Å². The first-order valence-electron chi connectivity index (χ1n) is 22.1. The molecule has 326 valence electrons. The lowest BCUT2D eigenvalue weighted by molar-refractivity contribution is 0.160. The minimum atomic E-state index is 0.0668. The van der Waals surface area contributed by atoms with Gasteiger partial charge in [0, 0.05) is 99.9 Å². The number of nitrogens with one attached hydrogen (secondary N) is 2. The molecule has 2 aromatic carbocycles. The second-order valence-electron chi connectivity index (χ2n) is 20.8. The van der Waals surface area contributed by atoms with E-state index in [2.05, 4.69) is 126 Å². The average Bonchev–Trinajstić information content (AvgIpc) is 4.04. The molecule has 3 aliphatic rings. The Labute approximate surface area is 366 Å². The molecule has 0 bridgehead atoms. The van der Waals surface area contributed by atoms with E-state index in [9.17, 15) is 10.2 Å². The van der Waals surface area contributed by atoms with Crippen LogP contribution in [0.4, 0.5) is 11.6 Å². The predicted molar refractivity (Wildman–Crippen MR) is 251 cm³/mol. The SMILES string of the molecule is CN(c1ccc(-c2cc3cnc(C4CC4)cc3cc2O)nn1)C1CC(C)(C)NC(C)(C)C1.Cc1cc2cc(O)c(-c3ccc(N(C)C4CC(C)(C)NC(C)(C)C4)nn3)cc2cn1. The van der Waals surface area contributed by atoms with Crippen molar-refractivity contribution in [3.05, 3.63) is 84.4 Å². The minimum Gasteiger partial charge on any atom is -0.507 e. The predicted octanol–water partition coefficient (Wildman–Crippen LogP) is 9.47. The first-order chi connectivity index (χ1) is 29.1. The van der Waals surface area contributed by atoms with Gasteiger partial charge in [-0.3, -0.25) is 9.97 Å². The second kappa shape index (κ2) is 16.0. The molecule has 0 amide bonds. The van der Waals surface area contributed by atoms with Gasteiger partial charge in [0.25, 0.3) is 0 Å². The van der Waals surface area contributed by atoms with Crippen LogP contribution in [0.1, 0.15) is 111 Å². The molecule has 2 aliphatic heterocycles. The summed E-state index contributed by atoms with van der Waals surface area (Å²) in [5.41, 5.74) is 4.98. The number of rotatable bonds is 7. The molecule has 0 radical (unpaired) electrons. The van der Waals surface area contributed by atoms with Gasteiger partial charge in [0.2, 0.25) is 0 Å².